The molecule has 0 spiro atoms. The van der Waals surface area contributed by atoms with E-state index in [0.717, 1.165) is 0 Å². The average Bonchev–Trinajstić information content (AvgIpc) is 2.56. The largest absolute Gasteiger partial charge is 0.490 e. The molecule has 1 aliphatic rings. The Hall–Kier alpha value is -2.15. The summed E-state index contributed by atoms with van der Waals surface area (Å²) in [6.45, 7) is 1.55. The van der Waals surface area contributed by atoms with Crippen molar-refractivity contribution in [2.45, 2.75) is 12.5 Å². The van der Waals surface area contributed by atoms with Crippen molar-refractivity contribution in [3.05, 3.63) is 30.1 Å². The summed E-state index contributed by atoms with van der Waals surface area (Å²) in [7, 11) is 1.56. The monoisotopic (exact) mass is 309 g/mol. The Morgan fingerprint density at radius 1 is 1.45 bits per heavy atom. The van der Waals surface area contributed by atoms with Gasteiger partial charge in [0.25, 0.3) is 0 Å². The highest BCUT2D eigenvalue weighted by Gasteiger charge is 2.27. The first-order valence-electron chi connectivity index (χ1n) is 7.22. The van der Waals surface area contributed by atoms with E-state index in [2.05, 4.69) is 10.6 Å². The van der Waals surface area contributed by atoms with Crippen molar-refractivity contribution in [1.29, 1.82) is 0 Å². The second-order valence-electron chi connectivity index (χ2n) is 4.99. The number of carbonyl (C=O) groups is 2. The Labute approximate surface area is 128 Å². The van der Waals surface area contributed by atoms with E-state index in [0.29, 0.717) is 19.6 Å². The number of piperazine rings is 1. The summed E-state index contributed by atoms with van der Waals surface area (Å²) < 4.78 is 18.7. The van der Waals surface area contributed by atoms with Crippen LogP contribution in [0, 0.1) is 5.82 Å². The van der Waals surface area contributed by atoms with Crippen molar-refractivity contribution in [3.8, 4) is 5.75 Å². The van der Waals surface area contributed by atoms with Crippen LogP contribution in [0.4, 0.5) is 4.39 Å². The Kier molecular flexibility index (Phi) is 5.71. The molecule has 1 aromatic rings. The second-order valence-corrected chi connectivity index (χ2v) is 4.99. The fraction of sp³-hybridized carbons (Fsp3) is 0.467. The molecule has 6 nitrogen and oxygen atoms in total. The third kappa shape index (κ3) is 4.17. The van der Waals surface area contributed by atoms with E-state index in [-0.39, 0.29) is 30.6 Å². The summed E-state index contributed by atoms with van der Waals surface area (Å²) in [6, 6.07) is 5.68. The molecule has 1 fully saturated rings. The lowest BCUT2D eigenvalue weighted by Crippen LogP contribution is -2.58. The lowest BCUT2D eigenvalue weighted by Gasteiger charge is -2.32. The summed E-state index contributed by atoms with van der Waals surface area (Å²) in [5.74, 6) is -0.553. The minimum atomic E-state index is -0.447. The molecule has 22 heavy (non-hydrogen) atoms. The van der Waals surface area contributed by atoms with Crippen LogP contribution in [0.5, 0.6) is 5.75 Å². The van der Waals surface area contributed by atoms with Gasteiger partial charge in [0.1, 0.15) is 6.04 Å². The maximum Gasteiger partial charge on any atom is 0.238 e. The number of halogens is 1. The second kappa shape index (κ2) is 7.74. The molecule has 1 aromatic carbocycles. The number of rotatable bonds is 5. The first-order valence-corrected chi connectivity index (χ1v) is 7.22. The lowest BCUT2D eigenvalue weighted by atomic mass is 10.2. The number of nitrogens with zero attached hydrogens (tertiary/aromatic N) is 1. The highest BCUT2D eigenvalue weighted by atomic mass is 19.1. The molecule has 0 unspecified atom stereocenters. The summed E-state index contributed by atoms with van der Waals surface area (Å²) >= 11 is 0. The van der Waals surface area contributed by atoms with Gasteiger partial charge in [-0.2, -0.15) is 0 Å². The van der Waals surface area contributed by atoms with Gasteiger partial charge in [-0.05, 0) is 12.1 Å². The predicted octanol–water partition coefficient (Wildman–Crippen LogP) is 0.141. The maximum atomic E-state index is 13.4. The van der Waals surface area contributed by atoms with Crippen molar-refractivity contribution in [3.63, 3.8) is 0 Å². The van der Waals surface area contributed by atoms with Crippen LogP contribution in [-0.2, 0) is 9.59 Å². The number of nitrogens with one attached hydrogen (secondary N) is 2. The summed E-state index contributed by atoms with van der Waals surface area (Å²) in [4.78, 5) is 25.3. The fourth-order valence-electron chi connectivity index (χ4n) is 2.29. The molecule has 0 saturated carbocycles. The Morgan fingerprint density at radius 2 is 2.23 bits per heavy atom. The van der Waals surface area contributed by atoms with Crippen molar-refractivity contribution < 1.29 is 18.7 Å². The number of amides is 2. The molecule has 1 heterocycles. The van der Waals surface area contributed by atoms with E-state index < -0.39 is 11.9 Å². The molecule has 1 aliphatic heterocycles. The summed E-state index contributed by atoms with van der Waals surface area (Å²) in [5, 5.41) is 5.62. The van der Waals surface area contributed by atoms with E-state index in [1.54, 1.807) is 24.1 Å². The number of para-hydroxylation sites is 1. The Bertz CT molecular complexity index is 539. The van der Waals surface area contributed by atoms with Crippen molar-refractivity contribution >= 4 is 11.8 Å². The third-order valence-electron chi connectivity index (χ3n) is 3.50. The van der Waals surface area contributed by atoms with Gasteiger partial charge in [-0.15, -0.1) is 0 Å². The first-order chi connectivity index (χ1) is 10.6. The van der Waals surface area contributed by atoms with Gasteiger partial charge in [0, 0.05) is 26.7 Å². The van der Waals surface area contributed by atoms with Crippen LogP contribution in [0.2, 0.25) is 0 Å². The Balaban J connectivity index is 1.79. The third-order valence-corrected chi connectivity index (χ3v) is 3.50. The van der Waals surface area contributed by atoms with Crippen LogP contribution >= 0.6 is 0 Å². The molecule has 1 saturated heterocycles. The molecule has 0 aromatic heterocycles. The van der Waals surface area contributed by atoms with Crippen molar-refractivity contribution in [2.75, 3.05) is 33.3 Å². The van der Waals surface area contributed by atoms with Crippen LogP contribution in [0.1, 0.15) is 6.42 Å². The minimum absolute atomic E-state index is 0.105. The highest BCUT2D eigenvalue weighted by molar-refractivity contribution is 5.83. The molecular weight excluding hydrogens is 289 g/mol. The molecule has 0 bridgehead atoms. The normalized spacial score (nSPS) is 17.9. The minimum Gasteiger partial charge on any atom is -0.490 e. The zero-order valence-corrected chi connectivity index (χ0v) is 12.5. The van der Waals surface area contributed by atoms with Crippen molar-refractivity contribution in [1.82, 2.24) is 15.5 Å². The molecule has 7 heteroatoms. The molecule has 2 amide bonds. The first kappa shape index (κ1) is 16.2. The van der Waals surface area contributed by atoms with Crippen LogP contribution in [0.15, 0.2) is 24.3 Å². The van der Waals surface area contributed by atoms with Gasteiger partial charge in [-0.3, -0.25) is 9.59 Å². The van der Waals surface area contributed by atoms with Crippen LogP contribution in [0.25, 0.3) is 0 Å². The van der Waals surface area contributed by atoms with E-state index in [1.807, 2.05) is 0 Å². The zero-order chi connectivity index (χ0) is 15.9. The van der Waals surface area contributed by atoms with Gasteiger partial charge in [0.15, 0.2) is 11.6 Å². The number of hydrogen-bond donors (Lipinski definition) is 2. The molecular formula is C15H20FN3O3. The maximum absolute atomic E-state index is 13.4. The number of carbonyl (C=O) groups excluding carboxylic acids is 2. The SMILES string of the molecule is CNC(=O)[C@H]1CN(C(=O)CCOc2ccccc2F)CCN1. The molecule has 0 radical (unpaired) electrons. The van der Waals surface area contributed by atoms with Gasteiger partial charge in [0.05, 0.1) is 13.0 Å². The van der Waals surface area contributed by atoms with E-state index >= 15 is 0 Å². The topological polar surface area (TPSA) is 70.7 Å². The van der Waals surface area contributed by atoms with Gasteiger partial charge < -0.3 is 20.3 Å². The number of ether oxygens (including phenoxy) is 1. The van der Waals surface area contributed by atoms with E-state index in [4.69, 9.17) is 4.74 Å². The molecule has 0 aliphatic carbocycles. The molecule has 2 N–H and O–H groups in total. The Morgan fingerprint density at radius 3 is 2.95 bits per heavy atom. The van der Waals surface area contributed by atoms with Gasteiger partial charge in [-0.1, -0.05) is 12.1 Å². The smallest absolute Gasteiger partial charge is 0.238 e. The van der Waals surface area contributed by atoms with Gasteiger partial charge in [-0.25, -0.2) is 4.39 Å². The fourth-order valence-corrected chi connectivity index (χ4v) is 2.29. The standard InChI is InChI=1S/C15H20FN3O3/c1-17-15(21)12-10-19(8-7-18-12)14(20)6-9-22-13-5-3-2-4-11(13)16/h2-5,12,18H,6-10H2,1H3,(H,17,21)/t12-/m1/s1. The number of likely N-dealkylation sites (N-methyl/N-ethyl adjacent to an activating group) is 1. The van der Waals surface area contributed by atoms with Gasteiger partial charge >= 0.3 is 0 Å². The van der Waals surface area contributed by atoms with Crippen LogP contribution in [-0.4, -0.2) is 56.0 Å². The zero-order valence-electron chi connectivity index (χ0n) is 12.5. The molecule has 120 valence electrons. The highest BCUT2D eigenvalue weighted by Crippen LogP contribution is 2.15. The van der Waals surface area contributed by atoms with Crippen LogP contribution in [0.3, 0.4) is 0 Å². The summed E-state index contributed by atoms with van der Waals surface area (Å²) in [5.41, 5.74) is 0. The van der Waals surface area contributed by atoms with Crippen molar-refractivity contribution in [2.24, 2.45) is 0 Å². The van der Waals surface area contributed by atoms with E-state index in [9.17, 15) is 14.0 Å². The van der Waals surface area contributed by atoms with Gasteiger partial charge in [0.2, 0.25) is 11.8 Å². The molecule has 2 rings (SSSR count). The van der Waals surface area contributed by atoms with E-state index in [1.165, 1.54) is 12.1 Å². The number of hydrogen-bond acceptors (Lipinski definition) is 4. The average molecular weight is 309 g/mol. The predicted molar refractivity (Wildman–Crippen MR) is 78.9 cm³/mol. The quantitative estimate of drug-likeness (QED) is 0.812. The number of benzene rings is 1. The molecule has 1 atom stereocenters. The summed E-state index contributed by atoms with van der Waals surface area (Å²) in [6.07, 6.45) is 0.148. The lowest BCUT2D eigenvalue weighted by molar-refractivity contribution is -0.134. The van der Waals surface area contributed by atoms with Crippen LogP contribution < -0.4 is 15.4 Å².